The molecule has 1 fully saturated rings. The van der Waals surface area contributed by atoms with E-state index < -0.39 is 0 Å². The molecule has 0 saturated carbocycles. The number of hydrogen-bond donors (Lipinski definition) is 1. The summed E-state index contributed by atoms with van der Waals surface area (Å²) in [6.45, 7) is 2.60. The molecule has 0 amide bonds. The van der Waals surface area contributed by atoms with Gasteiger partial charge < -0.3 is 10.2 Å². The largest absolute Gasteiger partial charge is 0.313 e. The fourth-order valence-corrected chi connectivity index (χ4v) is 3.00. The third kappa shape index (κ3) is 4.26. The molecule has 0 bridgehead atoms. The average molecular weight is 342 g/mol. The van der Waals surface area contributed by atoms with Gasteiger partial charge in [-0.05, 0) is 38.6 Å². The number of nitro benzene ring substituents is 1. The number of nitrogens with one attached hydrogen (secondary N) is 1. The smallest absolute Gasteiger partial charge is 0.275 e. The summed E-state index contributed by atoms with van der Waals surface area (Å²) < 4.78 is 0.740. The fourth-order valence-electron chi connectivity index (χ4n) is 2.65. The second kappa shape index (κ2) is 7.15. The Morgan fingerprint density at radius 1 is 1.50 bits per heavy atom. The number of benzene rings is 1. The molecule has 0 aliphatic carbocycles. The van der Waals surface area contributed by atoms with E-state index >= 15 is 0 Å². The molecule has 1 N–H and O–H groups in total. The lowest BCUT2D eigenvalue weighted by Crippen LogP contribution is -2.42. The Hall–Kier alpha value is -0.980. The van der Waals surface area contributed by atoms with Crippen LogP contribution in [0.15, 0.2) is 22.7 Å². The van der Waals surface area contributed by atoms with Gasteiger partial charge in [-0.1, -0.05) is 22.4 Å². The summed E-state index contributed by atoms with van der Waals surface area (Å²) in [6.07, 6.45) is 3.70. The predicted molar refractivity (Wildman–Crippen MR) is 82.8 cm³/mol. The van der Waals surface area contributed by atoms with E-state index in [0.29, 0.717) is 12.6 Å². The van der Waals surface area contributed by atoms with E-state index in [1.807, 2.05) is 19.2 Å². The molecule has 0 radical (unpaired) electrons. The van der Waals surface area contributed by atoms with Crippen molar-refractivity contribution < 1.29 is 4.92 Å². The van der Waals surface area contributed by atoms with Crippen LogP contribution in [0.1, 0.15) is 24.8 Å². The van der Waals surface area contributed by atoms with Gasteiger partial charge in [0, 0.05) is 35.2 Å². The van der Waals surface area contributed by atoms with Gasteiger partial charge in [0.05, 0.1) is 4.92 Å². The molecule has 1 atom stereocenters. The summed E-state index contributed by atoms with van der Waals surface area (Å²) in [7, 11) is 2.02. The molecule has 1 aromatic rings. The van der Waals surface area contributed by atoms with Crippen molar-refractivity contribution in [2.75, 3.05) is 20.1 Å². The number of hydrogen-bond acceptors (Lipinski definition) is 4. The summed E-state index contributed by atoms with van der Waals surface area (Å²) in [5, 5.41) is 14.6. The molecule has 6 heteroatoms. The molecule has 1 aromatic carbocycles. The standard InChI is InChI=1S/C14H20BrN3O2/c1-17(10-13-4-2-3-7-16-13)9-11-5-6-12(15)8-14(11)18(19)20/h5-6,8,13,16H,2-4,7,9-10H2,1H3. The van der Waals surface area contributed by atoms with Crippen molar-refractivity contribution in [3.8, 4) is 0 Å². The minimum absolute atomic E-state index is 0.183. The maximum atomic E-state index is 11.1. The zero-order valence-electron chi connectivity index (χ0n) is 11.6. The number of piperidine rings is 1. The van der Waals surface area contributed by atoms with Crippen molar-refractivity contribution >= 4 is 21.6 Å². The fraction of sp³-hybridized carbons (Fsp3) is 0.571. The van der Waals surface area contributed by atoms with E-state index in [1.165, 1.54) is 19.3 Å². The van der Waals surface area contributed by atoms with Gasteiger partial charge in [0.15, 0.2) is 0 Å². The first-order chi connectivity index (χ1) is 9.56. The molecule has 2 rings (SSSR count). The van der Waals surface area contributed by atoms with Crippen LogP contribution in [0.5, 0.6) is 0 Å². The maximum Gasteiger partial charge on any atom is 0.275 e. The number of halogens is 1. The van der Waals surface area contributed by atoms with Crippen molar-refractivity contribution in [3.05, 3.63) is 38.3 Å². The first-order valence-corrected chi connectivity index (χ1v) is 7.70. The molecule has 1 heterocycles. The van der Waals surface area contributed by atoms with Crippen molar-refractivity contribution in [1.29, 1.82) is 0 Å². The summed E-state index contributed by atoms with van der Waals surface area (Å²) in [5.41, 5.74) is 0.944. The SMILES string of the molecule is CN(Cc1ccc(Br)cc1[N+](=O)[O-])CC1CCCCN1. The van der Waals surface area contributed by atoms with Crippen LogP contribution < -0.4 is 5.32 Å². The van der Waals surface area contributed by atoms with Gasteiger partial charge in [0.25, 0.3) is 5.69 Å². The van der Waals surface area contributed by atoms with Crippen molar-refractivity contribution in [2.45, 2.75) is 31.8 Å². The lowest BCUT2D eigenvalue weighted by molar-refractivity contribution is -0.385. The zero-order valence-corrected chi connectivity index (χ0v) is 13.2. The van der Waals surface area contributed by atoms with Gasteiger partial charge in [-0.25, -0.2) is 0 Å². The van der Waals surface area contributed by atoms with Gasteiger partial charge in [0.2, 0.25) is 0 Å². The number of rotatable bonds is 5. The zero-order chi connectivity index (χ0) is 14.5. The Morgan fingerprint density at radius 3 is 2.95 bits per heavy atom. The van der Waals surface area contributed by atoms with E-state index in [4.69, 9.17) is 0 Å². The second-order valence-corrected chi connectivity index (χ2v) is 6.29. The van der Waals surface area contributed by atoms with Crippen LogP contribution in [0, 0.1) is 10.1 Å². The monoisotopic (exact) mass is 341 g/mol. The predicted octanol–water partition coefficient (Wildman–Crippen LogP) is 2.93. The average Bonchev–Trinajstić information content (AvgIpc) is 2.41. The highest BCUT2D eigenvalue weighted by molar-refractivity contribution is 9.10. The van der Waals surface area contributed by atoms with Gasteiger partial charge >= 0.3 is 0 Å². The first kappa shape index (κ1) is 15.4. The molecule has 1 saturated heterocycles. The Labute approximate surface area is 127 Å². The highest BCUT2D eigenvalue weighted by atomic mass is 79.9. The van der Waals surface area contributed by atoms with Crippen LogP contribution in [0.2, 0.25) is 0 Å². The van der Waals surface area contributed by atoms with E-state index in [0.717, 1.165) is 23.1 Å². The van der Waals surface area contributed by atoms with Crippen LogP contribution in [-0.2, 0) is 6.54 Å². The number of nitro groups is 1. The first-order valence-electron chi connectivity index (χ1n) is 6.91. The third-order valence-electron chi connectivity index (χ3n) is 3.63. The van der Waals surface area contributed by atoms with Crippen LogP contribution in [0.25, 0.3) is 0 Å². The van der Waals surface area contributed by atoms with E-state index in [2.05, 4.69) is 26.1 Å². The van der Waals surface area contributed by atoms with Gasteiger partial charge in [-0.15, -0.1) is 0 Å². The van der Waals surface area contributed by atoms with Gasteiger partial charge in [-0.3, -0.25) is 10.1 Å². The molecule has 0 spiro atoms. The number of likely N-dealkylation sites (N-methyl/N-ethyl adjacent to an activating group) is 1. The quantitative estimate of drug-likeness (QED) is 0.660. The molecule has 110 valence electrons. The maximum absolute atomic E-state index is 11.1. The minimum Gasteiger partial charge on any atom is -0.313 e. The van der Waals surface area contributed by atoms with Crippen molar-refractivity contribution in [1.82, 2.24) is 10.2 Å². The van der Waals surface area contributed by atoms with Crippen LogP contribution in [0.4, 0.5) is 5.69 Å². The molecule has 20 heavy (non-hydrogen) atoms. The lowest BCUT2D eigenvalue weighted by atomic mass is 10.0. The molecule has 1 aliphatic heterocycles. The Bertz CT molecular complexity index is 475. The van der Waals surface area contributed by atoms with Crippen LogP contribution in [-0.4, -0.2) is 36.0 Å². The topological polar surface area (TPSA) is 58.4 Å². The second-order valence-electron chi connectivity index (χ2n) is 5.37. The summed E-state index contributed by atoms with van der Waals surface area (Å²) >= 11 is 3.28. The minimum atomic E-state index is -0.313. The van der Waals surface area contributed by atoms with Crippen molar-refractivity contribution in [3.63, 3.8) is 0 Å². The Balaban J connectivity index is 1.99. The highest BCUT2D eigenvalue weighted by Crippen LogP contribution is 2.24. The molecule has 5 nitrogen and oxygen atoms in total. The number of nitrogens with zero attached hydrogens (tertiary/aromatic N) is 2. The molecular weight excluding hydrogens is 322 g/mol. The highest BCUT2D eigenvalue weighted by Gasteiger charge is 2.18. The summed E-state index contributed by atoms with van der Waals surface area (Å²) in [6, 6.07) is 5.76. The van der Waals surface area contributed by atoms with Crippen molar-refractivity contribution in [2.24, 2.45) is 0 Å². The molecule has 1 aliphatic rings. The van der Waals surface area contributed by atoms with Crippen LogP contribution >= 0.6 is 15.9 Å². The van der Waals surface area contributed by atoms with Gasteiger partial charge in [-0.2, -0.15) is 0 Å². The molecule has 0 aromatic heterocycles. The summed E-state index contributed by atoms with van der Waals surface area (Å²) in [5.74, 6) is 0. The summed E-state index contributed by atoms with van der Waals surface area (Å²) in [4.78, 5) is 12.9. The third-order valence-corrected chi connectivity index (χ3v) is 4.12. The van der Waals surface area contributed by atoms with E-state index in [9.17, 15) is 10.1 Å². The Kier molecular flexibility index (Phi) is 5.51. The van der Waals surface area contributed by atoms with E-state index in [1.54, 1.807) is 6.07 Å². The van der Waals surface area contributed by atoms with Gasteiger partial charge in [0.1, 0.15) is 0 Å². The van der Waals surface area contributed by atoms with E-state index in [-0.39, 0.29) is 10.6 Å². The van der Waals surface area contributed by atoms with Crippen LogP contribution in [0.3, 0.4) is 0 Å². The molecule has 1 unspecified atom stereocenters. The lowest BCUT2D eigenvalue weighted by Gasteiger charge is -2.28. The normalized spacial score (nSPS) is 19.2. The molecular formula is C14H20BrN3O2. The Morgan fingerprint density at radius 2 is 2.30 bits per heavy atom.